The van der Waals surface area contributed by atoms with Crippen molar-refractivity contribution >= 4 is 10.3 Å². The Hall–Kier alpha value is -2.23. The van der Waals surface area contributed by atoms with E-state index in [0.29, 0.717) is 23.1 Å². The molecule has 1 N–H and O–H groups in total. The summed E-state index contributed by atoms with van der Waals surface area (Å²) in [5.74, 6) is -0.733. The van der Waals surface area contributed by atoms with Gasteiger partial charge in [-0.1, -0.05) is 6.07 Å². The first-order valence-corrected chi connectivity index (χ1v) is 8.34. The summed E-state index contributed by atoms with van der Waals surface area (Å²) in [6, 6.07) is 7.58. The first kappa shape index (κ1) is 15.3. The minimum atomic E-state index is -4.06. The molecule has 4 rings (SSSR count). The molecule has 1 saturated heterocycles. The van der Waals surface area contributed by atoms with E-state index in [1.165, 1.54) is 0 Å². The van der Waals surface area contributed by atoms with Crippen molar-refractivity contribution < 1.29 is 30.9 Å². The van der Waals surface area contributed by atoms with E-state index >= 15 is 0 Å². The van der Waals surface area contributed by atoms with E-state index in [2.05, 4.69) is 4.72 Å². The van der Waals surface area contributed by atoms with Crippen LogP contribution in [0.2, 0.25) is 0 Å². The lowest BCUT2D eigenvalue weighted by molar-refractivity contribution is 0.174. The molecule has 6 nitrogen and oxygen atoms in total. The minimum Gasteiger partial charge on any atom is -0.454 e. The quantitative estimate of drug-likeness (QED) is 0.889. The molecule has 0 amide bonds. The SMILES string of the molecule is O=S1(=O)N[C@@](c2cc(F)cc(F)c2)(c2ccc3c(c2)OCO3)CO1. The van der Waals surface area contributed by atoms with Gasteiger partial charge in [0.1, 0.15) is 17.2 Å². The van der Waals surface area contributed by atoms with Crippen molar-refractivity contribution in [3.8, 4) is 11.5 Å². The Morgan fingerprint density at radius 3 is 2.33 bits per heavy atom. The molecule has 0 aromatic heterocycles. The largest absolute Gasteiger partial charge is 0.454 e. The highest BCUT2D eigenvalue weighted by molar-refractivity contribution is 7.85. The van der Waals surface area contributed by atoms with Crippen molar-refractivity contribution in [2.45, 2.75) is 5.54 Å². The van der Waals surface area contributed by atoms with E-state index < -0.39 is 27.5 Å². The smallest absolute Gasteiger partial charge is 0.337 e. The topological polar surface area (TPSA) is 73.9 Å². The number of rotatable bonds is 2. The number of benzene rings is 2. The van der Waals surface area contributed by atoms with E-state index in [9.17, 15) is 17.2 Å². The van der Waals surface area contributed by atoms with Crippen LogP contribution in [0.4, 0.5) is 8.78 Å². The molecular formula is C15H11F2NO5S. The summed E-state index contributed by atoms with van der Waals surface area (Å²) in [5.41, 5.74) is -0.972. The fraction of sp³-hybridized carbons (Fsp3) is 0.200. The Morgan fingerprint density at radius 1 is 0.958 bits per heavy atom. The first-order chi connectivity index (χ1) is 11.4. The van der Waals surface area contributed by atoms with Gasteiger partial charge in [0, 0.05) is 6.07 Å². The number of hydrogen-bond donors (Lipinski definition) is 1. The van der Waals surface area contributed by atoms with Crippen LogP contribution in [0.25, 0.3) is 0 Å². The summed E-state index contributed by atoms with van der Waals surface area (Å²) in [7, 11) is -4.06. The molecule has 9 heteroatoms. The number of nitrogens with one attached hydrogen (secondary N) is 1. The van der Waals surface area contributed by atoms with E-state index in [0.717, 1.165) is 12.1 Å². The molecule has 2 aromatic rings. The van der Waals surface area contributed by atoms with E-state index in [-0.39, 0.29) is 19.0 Å². The highest BCUT2D eigenvalue weighted by atomic mass is 32.2. The second-order valence-electron chi connectivity index (χ2n) is 5.45. The molecule has 1 fully saturated rings. The van der Waals surface area contributed by atoms with E-state index in [1.54, 1.807) is 18.2 Å². The number of fused-ring (bicyclic) bond motifs is 1. The molecule has 2 heterocycles. The highest BCUT2D eigenvalue weighted by Gasteiger charge is 2.46. The summed E-state index contributed by atoms with van der Waals surface area (Å²) in [6.45, 7) is -0.305. The van der Waals surface area contributed by atoms with Crippen molar-refractivity contribution in [3.05, 3.63) is 59.2 Å². The van der Waals surface area contributed by atoms with Gasteiger partial charge in [-0.25, -0.2) is 8.78 Å². The molecule has 0 aliphatic carbocycles. The second-order valence-corrected chi connectivity index (χ2v) is 6.80. The maximum atomic E-state index is 13.7. The summed E-state index contributed by atoms with van der Waals surface area (Å²) in [4.78, 5) is 0. The zero-order chi connectivity index (χ0) is 16.9. The average molecular weight is 355 g/mol. The summed E-state index contributed by atoms with van der Waals surface area (Å²) >= 11 is 0. The van der Waals surface area contributed by atoms with E-state index in [4.69, 9.17) is 13.7 Å². The van der Waals surface area contributed by atoms with Crippen molar-refractivity contribution in [2.24, 2.45) is 0 Å². The van der Waals surface area contributed by atoms with Gasteiger partial charge >= 0.3 is 10.3 Å². The molecule has 2 aliphatic rings. The number of ether oxygens (including phenoxy) is 2. The first-order valence-electron chi connectivity index (χ1n) is 6.93. The number of hydrogen-bond acceptors (Lipinski definition) is 5. The van der Waals surface area contributed by atoms with Crippen LogP contribution in [0.1, 0.15) is 11.1 Å². The van der Waals surface area contributed by atoms with Crippen molar-refractivity contribution in [1.82, 2.24) is 4.72 Å². The minimum absolute atomic E-state index is 0.0443. The van der Waals surface area contributed by atoms with Gasteiger partial charge in [0.05, 0.1) is 6.61 Å². The van der Waals surface area contributed by atoms with Crippen LogP contribution < -0.4 is 14.2 Å². The van der Waals surface area contributed by atoms with Gasteiger partial charge in [-0.3, -0.25) is 4.18 Å². The van der Waals surface area contributed by atoms with Crippen molar-refractivity contribution in [3.63, 3.8) is 0 Å². The molecular weight excluding hydrogens is 344 g/mol. The molecule has 2 aliphatic heterocycles. The summed E-state index contributed by atoms with van der Waals surface area (Å²) in [6.07, 6.45) is 0. The van der Waals surface area contributed by atoms with Gasteiger partial charge in [0.15, 0.2) is 11.5 Å². The van der Waals surface area contributed by atoms with E-state index in [1.807, 2.05) is 0 Å². The van der Waals surface area contributed by atoms with Gasteiger partial charge in [-0.15, -0.1) is 0 Å². The maximum absolute atomic E-state index is 13.7. The molecule has 0 unspecified atom stereocenters. The molecule has 2 aromatic carbocycles. The lowest BCUT2D eigenvalue weighted by Crippen LogP contribution is -2.42. The van der Waals surface area contributed by atoms with Gasteiger partial charge in [-0.2, -0.15) is 13.1 Å². The van der Waals surface area contributed by atoms with Crippen LogP contribution in [0.15, 0.2) is 36.4 Å². The van der Waals surface area contributed by atoms with Crippen LogP contribution in [0.3, 0.4) is 0 Å². The molecule has 0 bridgehead atoms. The lowest BCUT2D eigenvalue weighted by atomic mass is 9.84. The Bertz CT molecular complexity index is 913. The average Bonchev–Trinajstić information content (AvgIpc) is 3.10. The maximum Gasteiger partial charge on any atom is 0.337 e. The standard InChI is InChI=1S/C15H11F2NO5S/c16-11-3-10(4-12(17)6-11)15(7-23-24(19,20)18-15)9-1-2-13-14(5-9)22-8-21-13/h1-6,18H,7-8H2/t15-/m1/s1. The Balaban J connectivity index is 1.92. The lowest BCUT2D eigenvalue weighted by Gasteiger charge is -2.27. The van der Waals surface area contributed by atoms with Gasteiger partial charge in [0.2, 0.25) is 6.79 Å². The Morgan fingerprint density at radius 2 is 1.67 bits per heavy atom. The molecule has 126 valence electrons. The Kier molecular flexibility index (Phi) is 3.27. The fourth-order valence-electron chi connectivity index (χ4n) is 2.85. The van der Waals surface area contributed by atoms with Crippen molar-refractivity contribution in [1.29, 1.82) is 0 Å². The van der Waals surface area contributed by atoms with Gasteiger partial charge in [-0.05, 0) is 35.4 Å². The third kappa shape index (κ3) is 2.41. The number of halogens is 2. The normalized spacial score (nSPS) is 24.2. The molecule has 0 radical (unpaired) electrons. The highest BCUT2D eigenvalue weighted by Crippen LogP contribution is 2.41. The van der Waals surface area contributed by atoms with Crippen LogP contribution in [-0.2, 0) is 20.0 Å². The summed E-state index contributed by atoms with van der Waals surface area (Å²) < 4.78 is 68.7. The van der Waals surface area contributed by atoms with Crippen LogP contribution >= 0.6 is 0 Å². The Labute approximate surface area is 136 Å². The molecule has 0 spiro atoms. The molecule has 1 atom stereocenters. The van der Waals surface area contributed by atoms with Gasteiger partial charge in [0.25, 0.3) is 0 Å². The fourth-order valence-corrected chi connectivity index (χ4v) is 3.96. The van der Waals surface area contributed by atoms with Crippen molar-refractivity contribution in [2.75, 3.05) is 13.4 Å². The second kappa shape index (κ2) is 5.13. The van der Waals surface area contributed by atoms with Gasteiger partial charge < -0.3 is 9.47 Å². The molecule has 0 saturated carbocycles. The predicted octanol–water partition coefficient (Wildman–Crippen LogP) is 1.80. The third-order valence-electron chi connectivity index (χ3n) is 3.95. The third-order valence-corrected chi connectivity index (χ3v) is 4.98. The molecule has 24 heavy (non-hydrogen) atoms. The van der Waals surface area contributed by atoms with Crippen LogP contribution in [-0.4, -0.2) is 21.8 Å². The monoisotopic (exact) mass is 355 g/mol. The van der Waals surface area contributed by atoms with Crippen LogP contribution in [0, 0.1) is 11.6 Å². The summed E-state index contributed by atoms with van der Waals surface area (Å²) in [5, 5.41) is 0. The van der Waals surface area contributed by atoms with Crippen LogP contribution in [0.5, 0.6) is 11.5 Å². The zero-order valence-corrected chi connectivity index (χ0v) is 12.9. The zero-order valence-electron chi connectivity index (χ0n) is 12.1. The predicted molar refractivity (Wildman–Crippen MR) is 77.7 cm³/mol.